The summed E-state index contributed by atoms with van der Waals surface area (Å²) < 4.78 is 0. The number of rotatable bonds is 4. The minimum Gasteiger partial charge on any atom is -0.312 e. The number of halogens is 1. The van der Waals surface area contributed by atoms with Crippen molar-refractivity contribution >= 4 is 23.7 Å². The molecule has 0 radical (unpaired) electrons. The van der Waals surface area contributed by atoms with Gasteiger partial charge in [-0.2, -0.15) is 0 Å². The predicted molar refractivity (Wildman–Crippen MR) is 57.7 cm³/mol. The first-order valence-electron chi connectivity index (χ1n) is 4.29. The summed E-state index contributed by atoms with van der Waals surface area (Å²) in [5, 5.41) is 7.25. The molecule has 0 aromatic heterocycles. The molecule has 1 unspecified atom stereocenters. The van der Waals surface area contributed by atoms with Crippen LogP contribution in [0.4, 0.5) is 5.69 Å². The van der Waals surface area contributed by atoms with Crippen LogP contribution in [-0.2, 0) is 0 Å². The van der Waals surface area contributed by atoms with Crippen LogP contribution >= 0.6 is 11.8 Å². The second kappa shape index (κ2) is 4.87. The van der Waals surface area contributed by atoms with Gasteiger partial charge in [-0.3, -0.25) is 4.84 Å². The predicted octanol–water partition coefficient (Wildman–Crippen LogP) is 3.40. The van der Waals surface area contributed by atoms with E-state index in [0.29, 0.717) is 0 Å². The molecule has 0 aliphatic carbocycles. The van der Waals surface area contributed by atoms with Crippen molar-refractivity contribution in [3.8, 4) is 0 Å². The van der Waals surface area contributed by atoms with Gasteiger partial charge < -0.3 is 5.41 Å². The SMILES string of the molecule is CCC(C=N)c1cccc(NCl)c1. The minimum atomic E-state index is 0.199. The Balaban J connectivity index is 2.92. The van der Waals surface area contributed by atoms with Crippen LogP contribution in [0.1, 0.15) is 24.8 Å². The summed E-state index contributed by atoms with van der Waals surface area (Å²) >= 11 is 5.48. The van der Waals surface area contributed by atoms with Crippen LogP contribution in [0.5, 0.6) is 0 Å². The Labute approximate surface area is 83.5 Å². The van der Waals surface area contributed by atoms with Crippen LogP contribution in [0.3, 0.4) is 0 Å². The average Bonchev–Trinajstić information content (AvgIpc) is 2.20. The van der Waals surface area contributed by atoms with Crippen molar-refractivity contribution in [2.75, 3.05) is 4.84 Å². The van der Waals surface area contributed by atoms with E-state index in [1.54, 1.807) is 0 Å². The highest BCUT2D eigenvalue weighted by molar-refractivity contribution is 6.23. The number of hydrogen-bond donors (Lipinski definition) is 2. The Morgan fingerprint density at radius 2 is 2.38 bits per heavy atom. The quantitative estimate of drug-likeness (QED) is 0.562. The van der Waals surface area contributed by atoms with Crippen molar-refractivity contribution in [1.82, 2.24) is 0 Å². The normalized spacial score (nSPS) is 12.2. The molecule has 1 rings (SSSR count). The molecular formula is C10H13ClN2. The molecule has 0 saturated heterocycles. The number of benzene rings is 1. The topological polar surface area (TPSA) is 35.9 Å². The smallest absolute Gasteiger partial charge is 0.0494 e. The maximum atomic E-state index is 7.25. The Kier molecular flexibility index (Phi) is 3.77. The number of nitrogens with one attached hydrogen (secondary N) is 2. The minimum absolute atomic E-state index is 0.199. The molecule has 3 heteroatoms. The van der Waals surface area contributed by atoms with E-state index in [1.165, 1.54) is 6.21 Å². The number of anilines is 1. The van der Waals surface area contributed by atoms with Gasteiger partial charge in [0.05, 0.1) is 0 Å². The first-order valence-corrected chi connectivity index (χ1v) is 4.66. The summed E-state index contributed by atoms with van der Waals surface area (Å²) in [5.41, 5.74) is 2.00. The van der Waals surface area contributed by atoms with Crippen LogP contribution in [0.25, 0.3) is 0 Å². The van der Waals surface area contributed by atoms with E-state index < -0.39 is 0 Å². The van der Waals surface area contributed by atoms with E-state index in [2.05, 4.69) is 11.8 Å². The van der Waals surface area contributed by atoms with Gasteiger partial charge in [-0.1, -0.05) is 19.1 Å². The van der Waals surface area contributed by atoms with Crippen LogP contribution in [-0.4, -0.2) is 6.21 Å². The maximum Gasteiger partial charge on any atom is 0.0494 e. The van der Waals surface area contributed by atoms with Crippen LogP contribution in [0, 0.1) is 5.41 Å². The van der Waals surface area contributed by atoms with E-state index in [4.69, 9.17) is 17.2 Å². The summed E-state index contributed by atoms with van der Waals surface area (Å²) in [7, 11) is 0. The molecule has 1 atom stereocenters. The summed E-state index contributed by atoms with van der Waals surface area (Å²) in [5.74, 6) is 0.199. The lowest BCUT2D eigenvalue weighted by Gasteiger charge is -2.09. The van der Waals surface area contributed by atoms with Crippen molar-refractivity contribution in [2.45, 2.75) is 19.3 Å². The van der Waals surface area contributed by atoms with Gasteiger partial charge >= 0.3 is 0 Å². The lowest BCUT2D eigenvalue weighted by atomic mass is 9.97. The maximum absolute atomic E-state index is 7.25. The summed E-state index contributed by atoms with van der Waals surface area (Å²) in [6, 6.07) is 7.81. The fourth-order valence-corrected chi connectivity index (χ4v) is 1.40. The molecule has 0 bridgehead atoms. The Bertz CT molecular complexity index is 286. The molecule has 0 aliphatic rings. The molecule has 13 heavy (non-hydrogen) atoms. The zero-order valence-electron chi connectivity index (χ0n) is 7.55. The third-order valence-electron chi connectivity index (χ3n) is 2.06. The second-order valence-electron chi connectivity index (χ2n) is 2.90. The van der Waals surface area contributed by atoms with Crippen molar-refractivity contribution in [2.24, 2.45) is 0 Å². The molecule has 70 valence electrons. The van der Waals surface area contributed by atoms with Crippen LogP contribution < -0.4 is 4.84 Å². The van der Waals surface area contributed by atoms with E-state index in [-0.39, 0.29) is 5.92 Å². The average molecular weight is 197 g/mol. The van der Waals surface area contributed by atoms with Gasteiger partial charge in [0.2, 0.25) is 0 Å². The standard InChI is InChI=1S/C10H13ClN2/c1-2-8(7-12)9-4-3-5-10(6-9)13-11/h3-8,12-13H,2H2,1H3. The zero-order chi connectivity index (χ0) is 9.68. The molecule has 0 aliphatic heterocycles. The van der Waals surface area contributed by atoms with Gasteiger partial charge in [0.25, 0.3) is 0 Å². The molecule has 2 nitrogen and oxygen atoms in total. The zero-order valence-corrected chi connectivity index (χ0v) is 8.31. The fourth-order valence-electron chi connectivity index (χ4n) is 1.28. The summed E-state index contributed by atoms with van der Waals surface area (Å²) in [6.07, 6.45) is 2.41. The first kappa shape index (κ1) is 10.1. The molecule has 1 aromatic carbocycles. The van der Waals surface area contributed by atoms with Gasteiger partial charge in [-0.15, -0.1) is 0 Å². The van der Waals surface area contributed by atoms with Crippen molar-refractivity contribution in [3.63, 3.8) is 0 Å². The third-order valence-corrected chi connectivity index (χ3v) is 2.28. The van der Waals surface area contributed by atoms with E-state index in [9.17, 15) is 0 Å². The highest BCUT2D eigenvalue weighted by Crippen LogP contribution is 2.20. The highest BCUT2D eigenvalue weighted by Gasteiger charge is 2.05. The molecular weight excluding hydrogens is 184 g/mol. The Morgan fingerprint density at radius 3 is 2.92 bits per heavy atom. The van der Waals surface area contributed by atoms with Gasteiger partial charge in [0.15, 0.2) is 0 Å². The monoisotopic (exact) mass is 196 g/mol. The molecule has 1 aromatic rings. The van der Waals surface area contributed by atoms with Crippen LogP contribution in [0.15, 0.2) is 24.3 Å². The fraction of sp³-hybridized carbons (Fsp3) is 0.300. The first-order chi connectivity index (χ1) is 6.31. The van der Waals surface area contributed by atoms with E-state index in [0.717, 1.165) is 17.7 Å². The van der Waals surface area contributed by atoms with Crippen LogP contribution in [0.2, 0.25) is 0 Å². The number of hydrogen-bond acceptors (Lipinski definition) is 2. The van der Waals surface area contributed by atoms with E-state index >= 15 is 0 Å². The van der Waals surface area contributed by atoms with Gasteiger partial charge in [-0.05, 0) is 24.1 Å². The van der Waals surface area contributed by atoms with Crippen molar-refractivity contribution in [3.05, 3.63) is 29.8 Å². The van der Waals surface area contributed by atoms with Gasteiger partial charge in [-0.25, -0.2) is 0 Å². The largest absolute Gasteiger partial charge is 0.312 e. The molecule has 0 spiro atoms. The molecule has 2 N–H and O–H groups in total. The van der Waals surface area contributed by atoms with Crippen molar-refractivity contribution in [1.29, 1.82) is 5.41 Å². The Morgan fingerprint density at radius 1 is 1.62 bits per heavy atom. The second-order valence-corrected chi connectivity index (χ2v) is 3.09. The molecule has 0 amide bonds. The lowest BCUT2D eigenvalue weighted by Crippen LogP contribution is -1.97. The summed E-state index contributed by atoms with van der Waals surface area (Å²) in [4.78, 5) is 2.57. The van der Waals surface area contributed by atoms with Gasteiger partial charge in [0, 0.05) is 29.6 Å². The van der Waals surface area contributed by atoms with Crippen molar-refractivity contribution < 1.29 is 0 Å². The third kappa shape index (κ3) is 2.46. The molecule has 0 fully saturated rings. The van der Waals surface area contributed by atoms with E-state index in [1.807, 2.05) is 24.3 Å². The lowest BCUT2D eigenvalue weighted by molar-refractivity contribution is 0.855. The molecule has 0 saturated carbocycles. The summed E-state index contributed by atoms with van der Waals surface area (Å²) in [6.45, 7) is 2.07. The van der Waals surface area contributed by atoms with Gasteiger partial charge in [0.1, 0.15) is 0 Å². The highest BCUT2D eigenvalue weighted by atomic mass is 35.5. The molecule has 0 heterocycles. The Hall–Kier alpha value is -1.02.